The van der Waals surface area contributed by atoms with E-state index >= 15 is 0 Å². The van der Waals surface area contributed by atoms with Crippen LogP contribution < -0.4 is 0 Å². The van der Waals surface area contributed by atoms with Crippen molar-refractivity contribution in [3.05, 3.63) is 65.8 Å². The molecule has 0 spiro atoms. The van der Waals surface area contributed by atoms with Crippen molar-refractivity contribution in [1.29, 1.82) is 0 Å². The van der Waals surface area contributed by atoms with Crippen molar-refractivity contribution in [1.82, 2.24) is 18.9 Å². The second-order valence-electron chi connectivity index (χ2n) is 5.84. The highest BCUT2D eigenvalue weighted by Gasteiger charge is 2.21. The van der Waals surface area contributed by atoms with E-state index in [1.807, 2.05) is 0 Å². The first-order valence-corrected chi connectivity index (χ1v) is 8.23. The summed E-state index contributed by atoms with van der Waals surface area (Å²) in [5, 5.41) is -0.286. The van der Waals surface area contributed by atoms with Gasteiger partial charge in [0.15, 0.2) is 0 Å². The van der Waals surface area contributed by atoms with Crippen molar-refractivity contribution in [2.24, 2.45) is 0 Å². The normalized spacial score (nSPS) is 11.6. The van der Waals surface area contributed by atoms with Gasteiger partial charge in [0.05, 0.1) is 29.3 Å². The Kier molecular flexibility index (Phi) is 4.35. The Bertz CT molecular complexity index is 1140. The Morgan fingerprint density at radius 2 is 1.89 bits per heavy atom. The average molecular weight is 395 g/mol. The number of fused-ring (bicyclic) bond motifs is 1. The molecule has 0 unspecified atom stereocenters. The van der Waals surface area contributed by atoms with Crippen LogP contribution in [0, 0.1) is 11.6 Å². The summed E-state index contributed by atoms with van der Waals surface area (Å²) >= 11 is 5.78. The van der Waals surface area contributed by atoms with Gasteiger partial charge in [0.1, 0.15) is 17.3 Å². The Labute approximate surface area is 155 Å². The van der Waals surface area contributed by atoms with Gasteiger partial charge in [-0.25, -0.2) is 27.5 Å². The molecule has 4 aromatic rings. The summed E-state index contributed by atoms with van der Waals surface area (Å²) in [7, 11) is 0. The van der Waals surface area contributed by atoms with Gasteiger partial charge in [-0.1, -0.05) is 11.6 Å². The molecule has 4 nitrogen and oxygen atoms in total. The number of hydrogen-bond acceptors (Lipinski definition) is 2. The lowest BCUT2D eigenvalue weighted by Crippen LogP contribution is -2.07. The molecule has 138 valence electrons. The highest BCUT2D eigenvalue weighted by atomic mass is 35.5. The van der Waals surface area contributed by atoms with E-state index in [0.29, 0.717) is 17.3 Å². The third kappa shape index (κ3) is 3.16. The molecule has 0 saturated carbocycles. The lowest BCUT2D eigenvalue weighted by Gasteiger charge is -2.11. The number of nitrogens with zero attached hydrogens (tertiary/aromatic N) is 4. The molecule has 0 aliphatic carbocycles. The van der Waals surface area contributed by atoms with Crippen molar-refractivity contribution >= 4 is 17.2 Å². The van der Waals surface area contributed by atoms with E-state index in [9.17, 15) is 17.6 Å². The second kappa shape index (κ2) is 6.70. The van der Waals surface area contributed by atoms with Crippen molar-refractivity contribution in [2.45, 2.75) is 13.0 Å². The summed E-state index contributed by atoms with van der Waals surface area (Å²) in [6.07, 6.45) is 3.53. The topological polar surface area (TPSA) is 35.1 Å². The van der Waals surface area contributed by atoms with Crippen LogP contribution in [0.4, 0.5) is 17.6 Å². The molecule has 0 aliphatic heterocycles. The van der Waals surface area contributed by atoms with Crippen LogP contribution in [-0.4, -0.2) is 25.4 Å². The molecule has 9 heteroatoms. The van der Waals surface area contributed by atoms with Gasteiger partial charge < -0.3 is 8.97 Å². The molecule has 1 aromatic carbocycles. The predicted molar refractivity (Wildman–Crippen MR) is 92.8 cm³/mol. The van der Waals surface area contributed by atoms with Crippen LogP contribution in [-0.2, 0) is 6.54 Å². The fourth-order valence-corrected chi connectivity index (χ4v) is 3.10. The lowest BCUT2D eigenvalue weighted by atomic mass is 10.1. The number of halogens is 5. The smallest absolute Gasteiger partial charge is 0.256 e. The minimum atomic E-state index is -2.63. The number of rotatable bonds is 4. The zero-order valence-corrected chi connectivity index (χ0v) is 14.3. The first-order valence-electron chi connectivity index (χ1n) is 7.85. The van der Waals surface area contributed by atoms with E-state index in [2.05, 4.69) is 9.97 Å². The van der Waals surface area contributed by atoms with Gasteiger partial charge in [-0.3, -0.25) is 0 Å². The highest BCUT2D eigenvalue weighted by Crippen LogP contribution is 2.35. The summed E-state index contributed by atoms with van der Waals surface area (Å²) in [4.78, 5) is 8.23. The minimum absolute atomic E-state index is 0.0739. The highest BCUT2D eigenvalue weighted by molar-refractivity contribution is 6.31. The zero-order valence-electron chi connectivity index (χ0n) is 13.6. The fourth-order valence-electron chi connectivity index (χ4n) is 2.93. The van der Waals surface area contributed by atoms with E-state index in [0.717, 1.165) is 6.07 Å². The van der Waals surface area contributed by atoms with E-state index < -0.39 is 24.6 Å². The van der Waals surface area contributed by atoms with Gasteiger partial charge in [-0.2, -0.15) is 0 Å². The Hall–Kier alpha value is -2.87. The Balaban J connectivity index is 1.95. The predicted octanol–water partition coefficient (Wildman–Crippen LogP) is 5.06. The number of pyridine rings is 1. The molecular weight excluding hydrogens is 384 g/mol. The van der Waals surface area contributed by atoms with Crippen LogP contribution in [0.2, 0.25) is 5.02 Å². The molecule has 0 saturated heterocycles. The van der Waals surface area contributed by atoms with Gasteiger partial charge in [-0.15, -0.1) is 0 Å². The summed E-state index contributed by atoms with van der Waals surface area (Å²) in [5.74, 6) is -1.80. The molecule has 3 heterocycles. The maximum Gasteiger partial charge on any atom is 0.256 e. The molecule has 3 aromatic heterocycles. The van der Waals surface area contributed by atoms with Crippen LogP contribution in [0.3, 0.4) is 0 Å². The van der Waals surface area contributed by atoms with Crippen LogP contribution in [0.5, 0.6) is 0 Å². The second-order valence-corrected chi connectivity index (χ2v) is 6.25. The summed E-state index contributed by atoms with van der Waals surface area (Å²) in [6.45, 7) is -0.624. The van der Waals surface area contributed by atoms with Crippen LogP contribution in [0.25, 0.3) is 28.2 Å². The maximum atomic E-state index is 14.4. The third-order valence-electron chi connectivity index (χ3n) is 4.10. The van der Waals surface area contributed by atoms with Gasteiger partial charge >= 0.3 is 0 Å². The summed E-state index contributed by atoms with van der Waals surface area (Å²) in [5.41, 5.74) is 1.47. The zero-order chi connectivity index (χ0) is 19.1. The largest absolute Gasteiger partial charge is 0.324 e. The first kappa shape index (κ1) is 17.5. The fraction of sp³-hybridized carbons (Fsp3) is 0.111. The van der Waals surface area contributed by atoms with Crippen molar-refractivity contribution < 1.29 is 17.6 Å². The Morgan fingerprint density at radius 1 is 1.07 bits per heavy atom. The van der Waals surface area contributed by atoms with Crippen molar-refractivity contribution in [3.63, 3.8) is 0 Å². The summed E-state index contributed by atoms with van der Waals surface area (Å²) < 4.78 is 56.9. The number of alkyl halides is 2. The molecular formula is C18H11ClF4N4. The van der Waals surface area contributed by atoms with E-state index in [1.165, 1.54) is 10.9 Å². The monoisotopic (exact) mass is 394 g/mol. The SMILES string of the molecule is Fc1cc(F)c(-c2ncn(CC(F)F)c2-c2ccc3nccn3c2)cc1Cl. The molecule has 27 heavy (non-hydrogen) atoms. The van der Waals surface area contributed by atoms with E-state index in [-0.39, 0.29) is 22.0 Å². The van der Waals surface area contributed by atoms with Crippen LogP contribution in [0.15, 0.2) is 49.2 Å². The number of hydrogen-bond donors (Lipinski definition) is 0. The number of aromatic nitrogens is 4. The average Bonchev–Trinajstić information content (AvgIpc) is 3.23. The first-order chi connectivity index (χ1) is 12.9. The molecule has 4 rings (SSSR count). The van der Waals surface area contributed by atoms with Gasteiger partial charge in [-0.05, 0) is 18.2 Å². The number of benzene rings is 1. The molecule has 0 bridgehead atoms. The van der Waals surface area contributed by atoms with Crippen molar-refractivity contribution in [3.8, 4) is 22.5 Å². The van der Waals surface area contributed by atoms with Crippen molar-refractivity contribution in [2.75, 3.05) is 0 Å². The quantitative estimate of drug-likeness (QED) is 0.358. The van der Waals surface area contributed by atoms with Gasteiger partial charge in [0, 0.05) is 35.8 Å². The molecule has 0 amide bonds. The van der Waals surface area contributed by atoms with E-state index in [1.54, 1.807) is 35.1 Å². The summed E-state index contributed by atoms with van der Waals surface area (Å²) in [6, 6.07) is 5.12. The van der Waals surface area contributed by atoms with Crippen LogP contribution in [0.1, 0.15) is 0 Å². The Morgan fingerprint density at radius 3 is 2.67 bits per heavy atom. The standard InChI is InChI=1S/C18H11ClF4N4/c19-12-5-11(13(20)6-14(12)21)17-18(27(9-25-17)8-15(22)23)10-1-2-16-24-3-4-26(16)7-10/h1-7,9,15H,8H2. The number of imidazole rings is 2. The van der Waals surface area contributed by atoms with Gasteiger partial charge in [0.2, 0.25) is 0 Å². The molecule has 0 radical (unpaired) electrons. The molecule has 0 aliphatic rings. The third-order valence-corrected chi connectivity index (χ3v) is 4.39. The van der Waals surface area contributed by atoms with E-state index in [4.69, 9.17) is 11.6 Å². The molecule has 0 fully saturated rings. The molecule has 0 atom stereocenters. The maximum absolute atomic E-state index is 14.4. The minimum Gasteiger partial charge on any atom is -0.324 e. The lowest BCUT2D eigenvalue weighted by molar-refractivity contribution is 0.127. The molecule has 0 N–H and O–H groups in total. The van der Waals surface area contributed by atoms with Gasteiger partial charge in [0.25, 0.3) is 6.43 Å². The van der Waals surface area contributed by atoms with Crippen LogP contribution >= 0.6 is 11.6 Å².